The number of hydrogen-bond acceptors (Lipinski definition) is 8. The fourth-order valence-corrected chi connectivity index (χ4v) is 3.65. The number of hydrogen-bond donors (Lipinski definition) is 2. The maximum absolute atomic E-state index is 12.7. The molecule has 2 N–H and O–H groups in total. The van der Waals surface area contributed by atoms with Crippen LogP contribution in [-0.2, 0) is 14.3 Å². The molecule has 11 heteroatoms. The lowest BCUT2D eigenvalue weighted by Gasteiger charge is -2.14. The molecule has 0 aromatic carbocycles. The van der Waals surface area contributed by atoms with E-state index in [0.717, 1.165) is 16.0 Å². The molecule has 2 heterocycles. The number of amides is 1. The first-order chi connectivity index (χ1) is 13.7. The third-order valence-corrected chi connectivity index (χ3v) is 5.15. The Hall–Kier alpha value is -3.21. The molecule has 0 saturated carbocycles. The summed E-state index contributed by atoms with van der Waals surface area (Å²) in [6.45, 7) is 6.58. The van der Waals surface area contributed by atoms with Crippen LogP contribution in [-0.4, -0.2) is 51.9 Å². The molecule has 156 valence electrons. The second-order valence-electron chi connectivity index (χ2n) is 5.83. The van der Waals surface area contributed by atoms with Crippen LogP contribution in [0, 0.1) is 6.92 Å². The largest absolute Gasteiger partial charge is 0.477 e. The normalized spacial score (nSPS) is 11.6. The number of rotatable bonds is 8. The first-order valence-corrected chi connectivity index (χ1v) is 9.59. The number of thiophene rings is 1. The van der Waals surface area contributed by atoms with E-state index in [0.29, 0.717) is 5.56 Å². The van der Waals surface area contributed by atoms with Gasteiger partial charge in [0.1, 0.15) is 21.6 Å². The lowest BCUT2D eigenvalue weighted by molar-refractivity contribution is -0.119. The van der Waals surface area contributed by atoms with Gasteiger partial charge in [-0.2, -0.15) is 5.10 Å². The average molecular weight is 423 g/mol. The fraction of sp³-hybridized carbons (Fsp3) is 0.389. The Morgan fingerprint density at radius 2 is 1.83 bits per heavy atom. The van der Waals surface area contributed by atoms with Crippen LogP contribution < -0.4 is 5.32 Å². The summed E-state index contributed by atoms with van der Waals surface area (Å²) in [4.78, 5) is 48.7. The van der Waals surface area contributed by atoms with Crippen molar-refractivity contribution in [3.63, 3.8) is 0 Å². The van der Waals surface area contributed by atoms with E-state index in [1.165, 1.54) is 19.2 Å². The molecule has 0 radical (unpaired) electrons. The maximum Gasteiger partial charge on any atom is 0.354 e. The summed E-state index contributed by atoms with van der Waals surface area (Å²) in [5.41, 5.74) is 0.229. The summed E-state index contributed by atoms with van der Waals surface area (Å²) in [5.74, 6) is -3.15. The van der Waals surface area contributed by atoms with Gasteiger partial charge in [-0.25, -0.2) is 19.1 Å². The molecule has 29 heavy (non-hydrogen) atoms. The molecule has 2 aromatic rings. The highest BCUT2D eigenvalue weighted by molar-refractivity contribution is 7.18. The molecular formula is C18H21N3O7S. The van der Waals surface area contributed by atoms with Gasteiger partial charge in [-0.05, 0) is 39.3 Å². The van der Waals surface area contributed by atoms with Crippen molar-refractivity contribution in [1.29, 1.82) is 0 Å². The van der Waals surface area contributed by atoms with Gasteiger partial charge < -0.3 is 19.9 Å². The third kappa shape index (κ3) is 4.62. The van der Waals surface area contributed by atoms with Crippen molar-refractivity contribution in [2.45, 2.75) is 33.7 Å². The Morgan fingerprint density at radius 1 is 1.21 bits per heavy atom. The van der Waals surface area contributed by atoms with Gasteiger partial charge in [-0.3, -0.25) is 4.79 Å². The molecule has 0 spiro atoms. The van der Waals surface area contributed by atoms with Crippen LogP contribution in [0.3, 0.4) is 0 Å². The Balaban J connectivity index is 2.39. The van der Waals surface area contributed by atoms with Gasteiger partial charge in [0.25, 0.3) is 0 Å². The summed E-state index contributed by atoms with van der Waals surface area (Å²) in [6.07, 6.45) is 1.27. The van der Waals surface area contributed by atoms with E-state index in [4.69, 9.17) is 9.47 Å². The quantitative estimate of drug-likeness (QED) is 0.618. The van der Waals surface area contributed by atoms with E-state index in [1.54, 1.807) is 20.8 Å². The Kier molecular flexibility index (Phi) is 7.10. The molecule has 0 fully saturated rings. The number of carboxylic acid groups (broad SMARTS) is 1. The summed E-state index contributed by atoms with van der Waals surface area (Å²) in [6, 6.07) is 0.282. The molecule has 0 aliphatic heterocycles. The Labute approximate surface area is 170 Å². The highest BCUT2D eigenvalue weighted by atomic mass is 32.1. The fourth-order valence-electron chi connectivity index (χ4n) is 2.56. The van der Waals surface area contributed by atoms with Crippen molar-refractivity contribution in [3.8, 4) is 0 Å². The van der Waals surface area contributed by atoms with E-state index in [-0.39, 0.29) is 34.3 Å². The topological polar surface area (TPSA) is 137 Å². The van der Waals surface area contributed by atoms with Crippen molar-refractivity contribution < 1.29 is 33.8 Å². The van der Waals surface area contributed by atoms with E-state index < -0.39 is 29.9 Å². The molecule has 2 rings (SSSR count). The molecule has 0 aliphatic rings. The van der Waals surface area contributed by atoms with Crippen molar-refractivity contribution >= 4 is 40.2 Å². The van der Waals surface area contributed by atoms with Gasteiger partial charge in [0.05, 0.1) is 18.8 Å². The number of carboxylic acids is 1. The number of nitrogens with zero attached hydrogens (tertiary/aromatic N) is 2. The number of aromatic nitrogens is 2. The van der Waals surface area contributed by atoms with Gasteiger partial charge in [0.2, 0.25) is 5.91 Å². The highest BCUT2D eigenvalue weighted by Crippen LogP contribution is 2.34. The number of anilines is 1. The SMILES string of the molecule is CCOC(=O)c1sc(NC(=O)C(C)n2nccc2C(=O)O)c(C(=O)OCC)c1C. The number of carbonyl (C=O) groups is 4. The Morgan fingerprint density at radius 3 is 2.41 bits per heavy atom. The van der Waals surface area contributed by atoms with Crippen LogP contribution in [0.2, 0.25) is 0 Å². The zero-order chi connectivity index (χ0) is 21.7. The number of ether oxygens (including phenoxy) is 2. The molecule has 1 unspecified atom stereocenters. The minimum atomic E-state index is -1.23. The van der Waals surface area contributed by atoms with E-state index in [2.05, 4.69) is 10.4 Å². The second kappa shape index (κ2) is 9.32. The average Bonchev–Trinajstić information content (AvgIpc) is 3.26. The van der Waals surface area contributed by atoms with Gasteiger partial charge in [0.15, 0.2) is 0 Å². The molecule has 2 aromatic heterocycles. The summed E-state index contributed by atoms with van der Waals surface area (Å²) >= 11 is 0.889. The molecule has 1 amide bonds. The molecule has 0 aliphatic carbocycles. The number of esters is 2. The van der Waals surface area contributed by atoms with Crippen LogP contribution in [0.4, 0.5) is 5.00 Å². The van der Waals surface area contributed by atoms with Gasteiger partial charge in [-0.15, -0.1) is 11.3 Å². The van der Waals surface area contributed by atoms with Crippen LogP contribution in [0.5, 0.6) is 0 Å². The van der Waals surface area contributed by atoms with Crippen LogP contribution in [0.25, 0.3) is 0 Å². The zero-order valence-corrected chi connectivity index (χ0v) is 17.2. The maximum atomic E-state index is 12.7. The first-order valence-electron chi connectivity index (χ1n) is 8.78. The minimum absolute atomic E-state index is 0.0550. The van der Waals surface area contributed by atoms with E-state index in [9.17, 15) is 24.3 Å². The first kappa shape index (κ1) is 22.1. The molecular weight excluding hydrogens is 402 g/mol. The van der Waals surface area contributed by atoms with Crippen molar-refractivity contribution in [2.24, 2.45) is 0 Å². The van der Waals surface area contributed by atoms with E-state index in [1.807, 2.05) is 0 Å². The van der Waals surface area contributed by atoms with Crippen molar-refractivity contribution in [1.82, 2.24) is 9.78 Å². The molecule has 10 nitrogen and oxygen atoms in total. The molecule has 1 atom stereocenters. The molecule has 0 saturated heterocycles. The summed E-state index contributed by atoms with van der Waals surface area (Å²) in [5, 5.41) is 15.8. The molecule has 0 bridgehead atoms. The standard InChI is InChI=1S/C18H21N3O7S/c1-5-27-17(25)12-9(3)13(18(26)28-6-2)29-15(12)20-14(22)10(4)21-11(16(23)24)7-8-19-21/h7-8,10H,5-6H2,1-4H3,(H,20,22)(H,23,24). The van der Waals surface area contributed by atoms with E-state index >= 15 is 0 Å². The van der Waals surface area contributed by atoms with Gasteiger partial charge in [-0.1, -0.05) is 0 Å². The highest BCUT2D eigenvalue weighted by Gasteiger charge is 2.29. The number of aromatic carboxylic acids is 1. The van der Waals surface area contributed by atoms with Crippen LogP contribution >= 0.6 is 11.3 Å². The smallest absolute Gasteiger partial charge is 0.354 e. The predicted molar refractivity (Wildman–Crippen MR) is 103 cm³/mol. The van der Waals surface area contributed by atoms with Crippen molar-refractivity contribution in [2.75, 3.05) is 18.5 Å². The zero-order valence-electron chi connectivity index (χ0n) is 16.3. The Bertz CT molecular complexity index is 947. The third-order valence-electron chi connectivity index (χ3n) is 3.96. The second-order valence-corrected chi connectivity index (χ2v) is 6.85. The summed E-state index contributed by atoms with van der Waals surface area (Å²) in [7, 11) is 0. The number of nitrogens with one attached hydrogen (secondary N) is 1. The summed E-state index contributed by atoms with van der Waals surface area (Å²) < 4.78 is 11.1. The van der Waals surface area contributed by atoms with Crippen molar-refractivity contribution in [3.05, 3.63) is 34.0 Å². The lowest BCUT2D eigenvalue weighted by Crippen LogP contribution is -2.27. The number of carbonyl (C=O) groups excluding carboxylic acids is 3. The van der Waals surface area contributed by atoms with Gasteiger partial charge >= 0.3 is 17.9 Å². The van der Waals surface area contributed by atoms with Crippen LogP contribution in [0.1, 0.15) is 62.9 Å². The van der Waals surface area contributed by atoms with Gasteiger partial charge in [0, 0.05) is 6.20 Å². The lowest BCUT2D eigenvalue weighted by atomic mass is 10.1. The minimum Gasteiger partial charge on any atom is -0.477 e. The monoisotopic (exact) mass is 423 g/mol. The van der Waals surface area contributed by atoms with Crippen LogP contribution in [0.15, 0.2) is 12.3 Å². The predicted octanol–water partition coefficient (Wildman–Crippen LogP) is 2.50.